The van der Waals surface area contributed by atoms with Gasteiger partial charge < -0.3 is 5.11 Å². The predicted octanol–water partition coefficient (Wildman–Crippen LogP) is 3.54. The van der Waals surface area contributed by atoms with Crippen LogP contribution >= 0.6 is 11.6 Å². The van der Waals surface area contributed by atoms with Crippen molar-refractivity contribution in [3.05, 3.63) is 29.3 Å². The van der Waals surface area contributed by atoms with Crippen molar-refractivity contribution in [2.75, 3.05) is 13.2 Å². The van der Waals surface area contributed by atoms with E-state index < -0.39 is 10.0 Å². The standard InChI is InChI=1S/C17H26ClNO3S/c1-3-13(2)17(12-20)19(11-14-5-4-6-14)23(21,22)16-9-7-15(18)8-10-16/h7-10,13-14,17,20H,3-6,11-12H2,1-2H3/t13-,17+/m0/s1. The number of aliphatic hydroxyl groups excluding tert-OH is 1. The molecule has 1 fully saturated rings. The Morgan fingerprint density at radius 2 is 1.91 bits per heavy atom. The van der Waals surface area contributed by atoms with E-state index in [1.165, 1.54) is 16.4 Å². The van der Waals surface area contributed by atoms with E-state index in [-0.39, 0.29) is 23.5 Å². The van der Waals surface area contributed by atoms with Crippen LogP contribution in [-0.2, 0) is 10.0 Å². The first-order valence-electron chi connectivity index (χ1n) is 8.28. The minimum Gasteiger partial charge on any atom is -0.395 e. The van der Waals surface area contributed by atoms with Crippen molar-refractivity contribution in [2.24, 2.45) is 11.8 Å². The number of hydrogen-bond donors (Lipinski definition) is 1. The molecule has 0 bridgehead atoms. The molecule has 0 heterocycles. The molecule has 1 aromatic rings. The zero-order valence-corrected chi connectivity index (χ0v) is 15.4. The Hall–Kier alpha value is -0.620. The Kier molecular flexibility index (Phi) is 6.48. The highest BCUT2D eigenvalue weighted by molar-refractivity contribution is 7.89. The molecule has 1 aliphatic carbocycles. The first-order valence-corrected chi connectivity index (χ1v) is 10.1. The maximum atomic E-state index is 13.1. The van der Waals surface area contributed by atoms with Crippen LogP contribution in [0.2, 0.25) is 5.02 Å². The van der Waals surface area contributed by atoms with Crippen molar-refractivity contribution in [3.8, 4) is 0 Å². The van der Waals surface area contributed by atoms with E-state index in [1.807, 2.05) is 13.8 Å². The molecule has 1 aromatic carbocycles. The van der Waals surface area contributed by atoms with Crippen molar-refractivity contribution >= 4 is 21.6 Å². The van der Waals surface area contributed by atoms with Gasteiger partial charge in [-0.15, -0.1) is 0 Å². The lowest BCUT2D eigenvalue weighted by molar-refractivity contribution is 0.118. The number of halogens is 1. The molecule has 2 rings (SSSR count). The molecule has 4 nitrogen and oxygen atoms in total. The molecule has 0 radical (unpaired) electrons. The van der Waals surface area contributed by atoms with E-state index in [2.05, 4.69) is 0 Å². The lowest BCUT2D eigenvalue weighted by Gasteiger charge is -2.38. The highest BCUT2D eigenvalue weighted by Gasteiger charge is 2.36. The third-order valence-corrected chi connectivity index (χ3v) is 7.10. The van der Waals surface area contributed by atoms with E-state index in [1.54, 1.807) is 12.1 Å². The van der Waals surface area contributed by atoms with Gasteiger partial charge in [-0.2, -0.15) is 4.31 Å². The summed E-state index contributed by atoms with van der Waals surface area (Å²) < 4.78 is 27.7. The van der Waals surface area contributed by atoms with E-state index in [4.69, 9.17) is 11.6 Å². The monoisotopic (exact) mass is 359 g/mol. The quantitative estimate of drug-likeness (QED) is 0.772. The van der Waals surface area contributed by atoms with E-state index in [0.717, 1.165) is 25.7 Å². The molecule has 6 heteroatoms. The van der Waals surface area contributed by atoms with Crippen LogP contribution in [0, 0.1) is 11.8 Å². The van der Waals surface area contributed by atoms with Gasteiger partial charge >= 0.3 is 0 Å². The fourth-order valence-corrected chi connectivity index (χ4v) is 4.83. The van der Waals surface area contributed by atoms with Crippen molar-refractivity contribution in [3.63, 3.8) is 0 Å². The van der Waals surface area contributed by atoms with Gasteiger partial charge in [-0.3, -0.25) is 0 Å². The summed E-state index contributed by atoms with van der Waals surface area (Å²) in [5, 5.41) is 10.3. The van der Waals surface area contributed by atoms with E-state index >= 15 is 0 Å². The van der Waals surface area contributed by atoms with Crippen LogP contribution in [0.25, 0.3) is 0 Å². The largest absolute Gasteiger partial charge is 0.395 e. The summed E-state index contributed by atoms with van der Waals surface area (Å²) >= 11 is 5.87. The van der Waals surface area contributed by atoms with Gasteiger partial charge in [0.1, 0.15) is 0 Å². The molecule has 0 spiro atoms. The molecule has 0 unspecified atom stereocenters. The number of sulfonamides is 1. The number of aliphatic hydroxyl groups is 1. The summed E-state index contributed by atoms with van der Waals surface area (Å²) in [6, 6.07) is 5.87. The number of nitrogens with zero attached hydrogens (tertiary/aromatic N) is 1. The second kappa shape index (κ2) is 7.97. The van der Waals surface area contributed by atoms with Gasteiger partial charge in [0.2, 0.25) is 10.0 Å². The average Bonchev–Trinajstić information content (AvgIpc) is 2.49. The lowest BCUT2D eigenvalue weighted by atomic mass is 9.85. The number of rotatable bonds is 8. The molecular weight excluding hydrogens is 334 g/mol. The minimum absolute atomic E-state index is 0.0992. The van der Waals surface area contributed by atoms with Crippen LogP contribution in [0.3, 0.4) is 0 Å². The highest BCUT2D eigenvalue weighted by atomic mass is 35.5. The highest BCUT2D eigenvalue weighted by Crippen LogP contribution is 2.32. The molecule has 0 amide bonds. The summed E-state index contributed by atoms with van der Waals surface area (Å²) in [7, 11) is -3.64. The van der Waals surface area contributed by atoms with E-state index in [9.17, 15) is 13.5 Å². The Balaban J connectivity index is 2.35. The summed E-state index contributed by atoms with van der Waals surface area (Å²) in [6.07, 6.45) is 4.10. The summed E-state index contributed by atoms with van der Waals surface area (Å²) in [5.74, 6) is 0.498. The zero-order chi connectivity index (χ0) is 17.0. The zero-order valence-electron chi connectivity index (χ0n) is 13.8. The third-order valence-electron chi connectivity index (χ3n) is 4.94. The summed E-state index contributed by atoms with van der Waals surface area (Å²) in [6.45, 7) is 4.34. The van der Waals surface area contributed by atoms with Crippen LogP contribution in [0.15, 0.2) is 29.2 Å². The molecule has 0 aliphatic heterocycles. The first-order chi connectivity index (χ1) is 10.9. The van der Waals surface area contributed by atoms with Crippen LogP contribution in [-0.4, -0.2) is 37.0 Å². The Labute approximate surface area is 144 Å². The molecule has 1 saturated carbocycles. The third kappa shape index (κ3) is 4.27. The molecule has 130 valence electrons. The second-order valence-electron chi connectivity index (χ2n) is 6.46. The number of hydrogen-bond acceptors (Lipinski definition) is 3. The first kappa shape index (κ1) is 18.7. The van der Waals surface area contributed by atoms with Crippen LogP contribution < -0.4 is 0 Å². The normalized spacial score (nSPS) is 18.7. The molecule has 0 saturated heterocycles. The minimum atomic E-state index is -3.64. The molecule has 23 heavy (non-hydrogen) atoms. The van der Waals surface area contributed by atoms with Gasteiger partial charge in [0.05, 0.1) is 17.5 Å². The molecule has 0 aromatic heterocycles. The number of benzene rings is 1. The summed E-state index contributed by atoms with van der Waals surface area (Å²) in [5.41, 5.74) is 0. The second-order valence-corrected chi connectivity index (χ2v) is 8.79. The van der Waals surface area contributed by atoms with Gasteiger partial charge in [0.25, 0.3) is 0 Å². The molecule has 1 aliphatic rings. The van der Waals surface area contributed by atoms with Crippen LogP contribution in [0.4, 0.5) is 0 Å². The van der Waals surface area contributed by atoms with Crippen molar-refractivity contribution in [1.82, 2.24) is 4.31 Å². The SMILES string of the molecule is CC[C@H](C)[C@@H](CO)N(CC1CCC1)S(=O)(=O)c1ccc(Cl)cc1. The molecular formula is C17H26ClNO3S. The van der Waals surface area contributed by atoms with Crippen LogP contribution in [0.1, 0.15) is 39.5 Å². The fourth-order valence-electron chi connectivity index (χ4n) is 2.91. The van der Waals surface area contributed by atoms with Gasteiger partial charge in [0, 0.05) is 11.6 Å². The maximum Gasteiger partial charge on any atom is 0.243 e. The Morgan fingerprint density at radius 3 is 2.35 bits per heavy atom. The van der Waals surface area contributed by atoms with Gasteiger partial charge in [-0.05, 0) is 48.9 Å². The topological polar surface area (TPSA) is 57.6 Å². The van der Waals surface area contributed by atoms with E-state index in [0.29, 0.717) is 17.5 Å². The maximum absolute atomic E-state index is 13.1. The Morgan fingerprint density at radius 1 is 1.30 bits per heavy atom. The van der Waals surface area contributed by atoms with Gasteiger partial charge in [-0.25, -0.2) is 8.42 Å². The Bertz CT molecular complexity index is 599. The van der Waals surface area contributed by atoms with Crippen molar-refractivity contribution in [1.29, 1.82) is 0 Å². The van der Waals surface area contributed by atoms with Crippen molar-refractivity contribution < 1.29 is 13.5 Å². The van der Waals surface area contributed by atoms with Crippen molar-refractivity contribution in [2.45, 2.75) is 50.5 Å². The fraction of sp³-hybridized carbons (Fsp3) is 0.647. The van der Waals surface area contributed by atoms with Crippen LogP contribution in [0.5, 0.6) is 0 Å². The smallest absolute Gasteiger partial charge is 0.243 e. The van der Waals surface area contributed by atoms with Gasteiger partial charge in [0.15, 0.2) is 0 Å². The molecule has 1 N–H and O–H groups in total. The average molecular weight is 360 g/mol. The predicted molar refractivity (Wildman–Crippen MR) is 93.0 cm³/mol. The van der Waals surface area contributed by atoms with Gasteiger partial charge in [-0.1, -0.05) is 38.3 Å². The lowest BCUT2D eigenvalue weighted by Crippen LogP contribution is -2.48. The summed E-state index contributed by atoms with van der Waals surface area (Å²) in [4.78, 5) is 0.239. The molecule has 2 atom stereocenters.